The second kappa shape index (κ2) is 5.81. The standard InChI is InChI=1S/C14H21BN2/c1-6-9-16(4)14(15)17(5)13-10-11(2)7-8-12(13)3/h6-10,14H,1-5H3/b9-6-. The van der Waals surface area contributed by atoms with Crippen LogP contribution in [0, 0.1) is 13.8 Å². The van der Waals surface area contributed by atoms with E-state index in [1.165, 1.54) is 16.8 Å². The van der Waals surface area contributed by atoms with Gasteiger partial charge in [-0.25, -0.2) is 0 Å². The van der Waals surface area contributed by atoms with Crippen molar-refractivity contribution in [1.29, 1.82) is 0 Å². The lowest BCUT2D eigenvalue weighted by atomic mass is 10.0. The van der Waals surface area contributed by atoms with Gasteiger partial charge in [-0.15, -0.1) is 0 Å². The first-order valence-electron chi connectivity index (χ1n) is 5.87. The Morgan fingerprint density at radius 3 is 2.47 bits per heavy atom. The van der Waals surface area contributed by atoms with E-state index in [-0.39, 0.29) is 6.07 Å². The van der Waals surface area contributed by atoms with Crippen LogP contribution in [0.25, 0.3) is 0 Å². The number of allylic oxidation sites excluding steroid dienone is 1. The molecule has 17 heavy (non-hydrogen) atoms. The molecule has 0 aliphatic rings. The van der Waals surface area contributed by atoms with Gasteiger partial charge in [0.2, 0.25) is 0 Å². The number of anilines is 1. The van der Waals surface area contributed by atoms with Crippen LogP contribution in [0.3, 0.4) is 0 Å². The predicted octanol–water partition coefficient (Wildman–Crippen LogP) is 2.66. The molecule has 0 spiro atoms. The minimum atomic E-state index is -0.160. The Kier molecular flexibility index (Phi) is 4.67. The molecule has 0 bridgehead atoms. The van der Waals surface area contributed by atoms with Gasteiger partial charge in [0.25, 0.3) is 0 Å². The third-order valence-corrected chi connectivity index (χ3v) is 2.94. The lowest BCUT2D eigenvalue weighted by molar-refractivity contribution is 0.414. The molecule has 1 rings (SSSR count). The molecule has 0 N–H and O–H groups in total. The highest BCUT2D eigenvalue weighted by molar-refractivity contribution is 6.13. The predicted molar refractivity (Wildman–Crippen MR) is 76.4 cm³/mol. The van der Waals surface area contributed by atoms with Crippen LogP contribution in [0.5, 0.6) is 0 Å². The summed E-state index contributed by atoms with van der Waals surface area (Å²) in [6.07, 6.45) is 3.96. The third-order valence-electron chi connectivity index (χ3n) is 2.94. The third kappa shape index (κ3) is 3.29. The lowest BCUT2D eigenvalue weighted by Crippen LogP contribution is -2.43. The van der Waals surface area contributed by atoms with Gasteiger partial charge in [-0.1, -0.05) is 18.2 Å². The second-order valence-electron chi connectivity index (χ2n) is 4.46. The molecule has 0 aliphatic heterocycles. The number of benzene rings is 1. The van der Waals surface area contributed by atoms with Crippen molar-refractivity contribution in [2.24, 2.45) is 0 Å². The van der Waals surface area contributed by atoms with Crippen LogP contribution in [0.15, 0.2) is 30.5 Å². The Balaban J connectivity index is 2.95. The number of nitrogens with zero attached hydrogens (tertiary/aromatic N) is 2. The van der Waals surface area contributed by atoms with Gasteiger partial charge in [-0.05, 0) is 44.2 Å². The van der Waals surface area contributed by atoms with Crippen molar-refractivity contribution in [2.75, 3.05) is 19.0 Å². The summed E-state index contributed by atoms with van der Waals surface area (Å²) in [6, 6.07) is 6.25. The van der Waals surface area contributed by atoms with Gasteiger partial charge in [0.15, 0.2) is 0 Å². The van der Waals surface area contributed by atoms with E-state index in [1.807, 2.05) is 38.2 Å². The van der Waals surface area contributed by atoms with Crippen molar-refractivity contribution >= 4 is 13.5 Å². The van der Waals surface area contributed by atoms with Crippen molar-refractivity contribution in [3.8, 4) is 0 Å². The topological polar surface area (TPSA) is 6.48 Å². The summed E-state index contributed by atoms with van der Waals surface area (Å²) in [5.74, 6) is 0. The molecule has 0 aliphatic carbocycles. The van der Waals surface area contributed by atoms with Crippen LogP contribution in [-0.4, -0.2) is 32.9 Å². The van der Waals surface area contributed by atoms with Gasteiger partial charge in [-0.3, -0.25) is 0 Å². The van der Waals surface area contributed by atoms with Crippen molar-refractivity contribution in [1.82, 2.24) is 4.90 Å². The molecule has 0 fully saturated rings. The van der Waals surface area contributed by atoms with Gasteiger partial charge in [-0.2, -0.15) is 0 Å². The molecule has 1 aromatic carbocycles. The Morgan fingerprint density at radius 1 is 1.24 bits per heavy atom. The first-order chi connectivity index (χ1) is 7.97. The highest BCUT2D eigenvalue weighted by atomic mass is 15.3. The van der Waals surface area contributed by atoms with Crippen molar-refractivity contribution in [2.45, 2.75) is 26.8 Å². The monoisotopic (exact) mass is 228 g/mol. The fourth-order valence-electron chi connectivity index (χ4n) is 1.84. The molecule has 0 saturated carbocycles. The molecular formula is C14H21BN2. The maximum Gasteiger partial charge on any atom is 0.129 e. The average Bonchev–Trinajstić information content (AvgIpc) is 2.30. The number of hydrogen-bond acceptors (Lipinski definition) is 2. The maximum absolute atomic E-state index is 6.20. The molecule has 0 saturated heterocycles. The summed E-state index contributed by atoms with van der Waals surface area (Å²) in [4.78, 5) is 4.07. The zero-order valence-electron chi connectivity index (χ0n) is 11.4. The van der Waals surface area contributed by atoms with Crippen LogP contribution in [0.4, 0.5) is 5.69 Å². The Bertz CT molecular complexity index is 401. The minimum Gasteiger partial charge on any atom is -0.369 e. The first-order valence-corrected chi connectivity index (χ1v) is 5.87. The SMILES string of the molecule is [B]C(N(C)/C=C\C)N(C)c1cc(C)ccc1C. The van der Waals surface area contributed by atoms with E-state index in [9.17, 15) is 0 Å². The number of aryl methyl sites for hydroxylation is 2. The maximum atomic E-state index is 6.20. The summed E-state index contributed by atoms with van der Waals surface area (Å²) in [5.41, 5.74) is 3.66. The second-order valence-corrected chi connectivity index (χ2v) is 4.46. The van der Waals surface area contributed by atoms with Crippen molar-refractivity contribution in [3.05, 3.63) is 41.6 Å². The lowest BCUT2D eigenvalue weighted by Gasteiger charge is -2.35. The summed E-state index contributed by atoms with van der Waals surface area (Å²) >= 11 is 0. The highest BCUT2D eigenvalue weighted by Crippen LogP contribution is 2.22. The summed E-state index contributed by atoms with van der Waals surface area (Å²) < 4.78 is 0. The molecule has 0 amide bonds. The zero-order valence-corrected chi connectivity index (χ0v) is 11.4. The molecule has 0 aromatic heterocycles. The number of hydrogen-bond donors (Lipinski definition) is 0. The van der Waals surface area contributed by atoms with E-state index in [0.717, 1.165) is 0 Å². The fraction of sp³-hybridized carbons (Fsp3) is 0.429. The van der Waals surface area contributed by atoms with Crippen molar-refractivity contribution < 1.29 is 0 Å². The molecule has 2 nitrogen and oxygen atoms in total. The largest absolute Gasteiger partial charge is 0.369 e. The Labute approximate surface area is 106 Å². The van der Waals surface area contributed by atoms with Gasteiger partial charge in [0.05, 0.1) is 6.07 Å². The first kappa shape index (κ1) is 13.7. The van der Waals surface area contributed by atoms with E-state index in [1.54, 1.807) is 0 Å². The molecule has 1 aromatic rings. The van der Waals surface area contributed by atoms with Crippen molar-refractivity contribution in [3.63, 3.8) is 0 Å². The van der Waals surface area contributed by atoms with Crippen LogP contribution < -0.4 is 4.90 Å². The molecule has 1 atom stereocenters. The number of rotatable bonds is 4. The van der Waals surface area contributed by atoms with Crippen LogP contribution in [-0.2, 0) is 0 Å². The van der Waals surface area contributed by atoms with Gasteiger partial charge < -0.3 is 9.80 Å². The molecule has 3 heteroatoms. The molecule has 0 heterocycles. The van der Waals surface area contributed by atoms with E-state index in [2.05, 4.69) is 36.9 Å². The average molecular weight is 228 g/mol. The molecular weight excluding hydrogens is 207 g/mol. The normalized spacial score (nSPS) is 12.8. The van der Waals surface area contributed by atoms with Crippen LogP contribution in [0.2, 0.25) is 0 Å². The van der Waals surface area contributed by atoms with E-state index < -0.39 is 0 Å². The quantitative estimate of drug-likeness (QED) is 0.577. The Morgan fingerprint density at radius 2 is 1.88 bits per heavy atom. The highest BCUT2D eigenvalue weighted by Gasteiger charge is 2.13. The smallest absolute Gasteiger partial charge is 0.129 e. The van der Waals surface area contributed by atoms with Crippen LogP contribution in [0.1, 0.15) is 18.1 Å². The minimum absolute atomic E-state index is 0.160. The van der Waals surface area contributed by atoms with Gasteiger partial charge in [0, 0.05) is 19.8 Å². The summed E-state index contributed by atoms with van der Waals surface area (Å²) in [7, 11) is 10.2. The van der Waals surface area contributed by atoms with Crippen LogP contribution >= 0.6 is 0 Å². The fourth-order valence-corrected chi connectivity index (χ4v) is 1.84. The molecule has 90 valence electrons. The van der Waals surface area contributed by atoms with Gasteiger partial charge in [0.1, 0.15) is 7.85 Å². The van der Waals surface area contributed by atoms with E-state index >= 15 is 0 Å². The zero-order chi connectivity index (χ0) is 13.0. The summed E-state index contributed by atoms with van der Waals surface area (Å²) in [5, 5.41) is 0. The van der Waals surface area contributed by atoms with E-state index in [0.29, 0.717) is 0 Å². The van der Waals surface area contributed by atoms with E-state index in [4.69, 9.17) is 7.85 Å². The summed E-state index contributed by atoms with van der Waals surface area (Å²) in [6.45, 7) is 6.19. The Hall–Kier alpha value is -1.38. The van der Waals surface area contributed by atoms with Gasteiger partial charge >= 0.3 is 0 Å². The molecule has 2 radical (unpaired) electrons. The molecule has 1 unspecified atom stereocenters.